The van der Waals surface area contributed by atoms with Crippen molar-refractivity contribution in [2.24, 2.45) is 0 Å². The van der Waals surface area contributed by atoms with Gasteiger partial charge < -0.3 is 9.67 Å². The molecule has 2 aromatic carbocycles. The zero-order valence-electron chi connectivity index (χ0n) is 13.7. The molecule has 0 fully saturated rings. The maximum Gasteiger partial charge on any atom is 0.335 e. The van der Waals surface area contributed by atoms with Gasteiger partial charge in [-0.15, -0.1) is 0 Å². The van der Waals surface area contributed by atoms with Crippen molar-refractivity contribution in [2.45, 2.75) is 6.54 Å². The van der Waals surface area contributed by atoms with Gasteiger partial charge in [-0.05, 0) is 12.1 Å². The number of hydrogen-bond donors (Lipinski definition) is 2. The number of aromatic amines is 1. The summed E-state index contributed by atoms with van der Waals surface area (Å²) in [5, 5.41) is 15.9. The zero-order chi connectivity index (χ0) is 17.9. The molecule has 128 valence electrons. The van der Waals surface area contributed by atoms with Gasteiger partial charge in [0, 0.05) is 11.1 Å². The van der Waals surface area contributed by atoms with Crippen molar-refractivity contribution in [1.29, 1.82) is 0 Å². The molecule has 0 saturated heterocycles. The van der Waals surface area contributed by atoms with Gasteiger partial charge in [-0.3, -0.25) is 5.10 Å². The smallest absolute Gasteiger partial charge is 0.335 e. The van der Waals surface area contributed by atoms with Gasteiger partial charge in [0.25, 0.3) is 0 Å². The summed E-state index contributed by atoms with van der Waals surface area (Å²) in [5.74, 6) is -0.236. The third kappa shape index (κ3) is 2.98. The number of carboxylic acid groups (broad SMARTS) is 1. The van der Waals surface area contributed by atoms with Crippen LogP contribution in [0.5, 0.6) is 0 Å². The van der Waals surface area contributed by atoms with Crippen molar-refractivity contribution in [3.8, 4) is 22.5 Å². The van der Waals surface area contributed by atoms with Gasteiger partial charge in [0.05, 0.1) is 29.8 Å². The fraction of sp³-hybridized carbons (Fsp3) is 0.0526. The molecule has 2 heterocycles. The van der Waals surface area contributed by atoms with Crippen LogP contribution >= 0.6 is 0 Å². The quantitative estimate of drug-likeness (QED) is 0.579. The number of aromatic carboxylic acids is 1. The van der Waals surface area contributed by atoms with E-state index in [0.29, 0.717) is 12.4 Å². The maximum atomic E-state index is 11.1. The number of carboxylic acids is 1. The van der Waals surface area contributed by atoms with E-state index in [1.165, 1.54) is 6.33 Å². The molecule has 0 aliphatic rings. The Morgan fingerprint density at radius 1 is 1.00 bits per heavy atom. The Kier molecular flexibility index (Phi) is 4.03. The van der Waals surface area contributed by atoms with Gasteiger partial charge in [-0.2, -0.15) is 5.10 Å². The van der Waals surface area contributed by atoms with Crippen molar-refractivity contribution in [3.05, 3.63) is 78.6 Å². The van der Waals surface area contributed by atoms with E-state index in [4.69, 9.17) is 5.11 Å². The van der Waals surface area contributed by atoms with Crippen molar-refractivity contribution < 1.29 is 9.90 Å². The molecule has 0 saturated carbocycles. The number of nitrogens with one attached hydrogen (secondary N) is 1. The van der Waals surface area contributed by atoms with Crippen LogP contribution in [0.2, 0.25) is 0 Å². The summed E-state index contributed by atoms with van der Waals surface area (Å²) in [6, 6.07) is 16.6. The van der Waals surface area contributed by atoms with Gasteiger partial charge in [-0.25, -0.2) is 14.8 Å². The average molecular weight is 345 g/mol. The second kappa shape index (κ2) is 6.64. The lowest BCUT2D eigenvalue weighted by Crippen LogP contribution is -2.03. The molecule has 2 aromatic heterocycles. The molecule has 2 N–H and O–H groups in total. The summed E-state index contributed by atoms with van der Waals surface area (Å²) in [6.07, 6.45) is 3.22. The van der Waals surface area contributed by atoms with E-state index in [0.717, 1.165) is 22.5 Å². The molecule has 4 rings (SSSR count). The molecular formula is C19H15N5O2. The first-order valence-corrected chi connectivity index (χ1v) is 8.01. The van der Waals surface area contributed by atoms with Crippen molar-refractivity contribution in [2.75, 3.05) is 0 Å². The molecule has 7 heteroatoms. The Morgan fingerprint density at radius 3 is 2.42 bits per heavy atom. The molecule has 0 amide bonds. The summed E-state index contributed by atoms with van der Waals surface area (Å²) in [5.41, 5.74) is 3.83. The van der Waals surface area contributed by atoms with Crippen LogP contribution in [0.4, 0.5) is 0 Å². The van der Waals surface area contributed by atoms with Gasteiger partial charge in [-0.1, -0.05) is 42.5 Å². The lowest BCUT2D eigenvalue weighted by atomic mass is 10.0. The highest BCUT2D eigenvalue weighted by Crippen LogP contribution is 2.31. The lowest BCUT2D eigenvalue weighted by molar-refractivity contribution is 0.0697. The maximum absolute atomic E-state index is 11.1. The molecule has 0 aliphatic carbocycles. The Hall–Kier alpha value is -3.74. The highest BCUT2D eigenvalue weighted by atomic mass is 16.4. The molecule has 0 aliphatic heterocycles. The van der Waals surface area contributed by atoms with E-state index in [9.17, 15) is 4.79 Å². The number of benzene rings is 2. The Balaban J connectivity index is 1.83. The molecule has 7 nitrogen and oxygen atoms in total. The number of imidazole rings is 1. The molecule has 26 heavy (non-hydrogen) atoms. The summed E-state index contributed by atoms with van der Waals surface area (Å²) in [6.45, 7) is 0.482. The summed E-state index contributed by atoms with van der Waals surface area (Å²) >= 11 is 0. The molecule has 0 unspecified atom stereocenters. The molecular weight excluding hydrogens is 330 g/mol. The first kappa shape index (κ1) is 15.8. The van der Waals surface area contributed by atoms with Gasteiger partial charge >= 0.3 is 5.97 Å². The Labute approximate surface area is 149 Å². The number of H-pyrrole nitrogens is 1. The monoisotopic (exact) mass is 345 g/mol. The van der Waals surface area contributed by atoms with Crippen molar-refractivity contribution in [3.63, 3.8) is 0 Å². The molecule has 0 radical (unpaired) electrons. The summed E-state index contributed by atoms with van der Waals surface area (Å²) < 4.78 is 1.97. The van der Waals surface area contributed by atoms with Crippen LogP contribution in [-0.4, -0.2) is 35.8 Å². The van der Waals surface area contributed by atoms with Crippen molar-refractivity contribution >= 4 is 5.97 Å². The lowest BCUT2D eigenvalue weighted by Gasteiger charge is -2.10. The fourth-order valence-corrected chi connectivity index (χ4v) is 2.85. The van der Waals surface area contributed by atoms with E-state index in [2.05, 4.69) is 20.2 Å². The van der Waals surface area contributed by atoms with Gasteiger partial charge in [0.15, 0.2) is 0 Å². The number of rotatable bonds is 5. The fourth-order valence-electron chi connectivity index (χ4n) is 2.85. The second-order valence-corrected chi connectivity index (χ2v) is 5.75. The first-order chi connectivity index (χ1) is 12.7. The number of nitrogens with zero attached hydrogens (tertiary/aromatic N) is 4. The van der Waals surface area contributed by atoms with Crippen LogP contribution in [0.25, 0.3) is 22.5 Å². The molecule has 0 spiro atoms. The first-order valence-electron chi connectivity index (χ1n) is 8.01. The van der Waals surface area contributed by atoms with E-state index in [1.54, 1.807) is 30.6 Å². The molecule has 4 aromatic rings. The molecule has 0 atom stereocenters. The van der Waals surface area contributed by atoms with E-state index in [-0.39, 0.29) is 5.56 Å². The minimum Gasteiger partial charge on any atom is -0.478 e. The topological polar surface area (TPSA) is 96.7 Å². The van der Waals surface area contributed by atoms with E-state index in [1.807, 2.05) is 34.9 Å². The number of aromatic nitrogens is 5. The average Bonchev–Trinajstić information content (AvgIpc) is 3.33. The van der Waals surface area contributed by atoms with E-state index < -0.39 is 5.97 Å². The highest BCUT2D eigenvalue weighted by Gasteiger charge is 2.16. The van der Waals surface area contributed by atoms with E-state index >= 15 is 0 Å². The predicted octanol–water partition coefficient (Wildman–Crippen LogP) is 3.08. The third-order valence-corrected chi connectivity index (χ3v) is 4.08. The van der Waals surface area contributed by atoms with Crippen LogP contribution < -0.4 is 0 Å². The minimum atomic E-state index is -0.949. The normalized spacial score (nSPS) is 10.8. The molecule has 0 bridgehead atoms. The van der Waals surface area contributed by atoms with Crippen LogP contribution in [0.1, 0.15) is 16.2 Å². The van der Waals surface area contributed by atoms with Crippen LogP contribution in [-0.2, 0) is 6.54 Å². The van der Waals surface area contributed by atoms with Crippen LogP contribution in [0.15, 0.2) is 67.3 Å². The standard InChI is InChI=1S/C19H15N5O2/c25-19(26)15-8-6-14(7-9-15)18-17(13-4-2-1-3-5-13)21-12-24(18)10-16-20-11-22-23-16/h1-9,11-12H,10H2,(H,25,26)(H,20,22,23). The Bertz CT molecular complexity index is 1020. The zero-order valence-corrected chi connectivity index (χ0v) is 13.7. The Morgan fingerprint density at radius 2 is 1.77 bits per heavy atom. The second-order valence-electron chi connectivity index (χ2n) is 5.75. The number of hydrogen-bond acceptors (Lipinski definition) is 4. The SMILES string of the molecule is O=C(O)c1ccc(-c2c(-c3ccccc3)ncn2Cc2ncn[nH]2)cc1. The largest absolute Gasteiger partial charge is 0.478 e. The minimum absolute atomic E-state index is 0.247. The van der Waals surface area contributed by atoms with Gasteiger partial charge in [0.2, 0.25) is 0 Å². The predicted molar refractivity (Wildman–Crippen MR) is 95.5 cm³/mol. The highest BCUT2D eigenvalue weighted by molar-refractivity contribution is 5.89. The van der Waals surface area contributed by atoms with Crippen LogP contribution in [0.3, 0.4) is 0 Å². The van der Waals surface area contributed by atoms with Crippen LogP contribution in [0, 0.1) is 0 Å². The summed E-state index contributed by atoms with van der Waals surface area (Å²) in [4.78, 5) is 19.9. The third-order valence-electron chi connectivity index (χ3n) is 4.08. The van der Waals surface area contributed by atoms with Gasteiger partial charge in [0.1, 0.15) is 12.2 Å². The number of carbonyl (C=O) groups is 1. The van der Waals surface area contributed by atoms with Crippen molar-refractivity contribution in [1.82, 2.24) is 24.7 Å². The summed E-state index contributed by atoms with van der Waals surface area (Å²) in [7, 11) is 0.